The van der Waals surface area contributed by atoms with Gasteiger partial charge in [-0.1, -0.05) is 30.2 Å². The first-order chi connectivity index (χ1) is 8.72. The maximum absolute atomic E-state index is 10.9. The number of benzene rings is 1. The van der Waals surface area contributed by atoms with Gasteiger partial charge in [0.1, 0.15) is 6.04 Å². The quantitative estimate of drug-likeness (QED) is 0.472. The fourth-order valence-electron chi connectivity index (χ4n) is 2.21. The summed E-state index contributed by atoms with van der Waals surface area (Å²) in [5.74, 6) is 0. The van der Waals surface area contributed by atoms with Gasteiger partial charge in [-0.15, -0.1) is 11.8 Å². The molecule has 2 atom stereocenters. The third-order valence-electron chi connectivity index (χ3n) is 3.14. The van der Waals surface area contributed by atoms with Crippen LogP contribution >= 0.6 is 11.8 Å². The zero-order valence-electron chi connectivity index (χ0n) is 9.82. The second kappa shape index (κ2) is 5.95. The van der Waals surface area contributed by atoms with Crippen molar-refractivity contribution >= 4 is 17.4 Å². The molecule has 0 aliphatic heterocycles. The van der Waals surface area contributed by atoms with Gasteiger partial charge >= 0.3 is 0 Å². The average molecular weight is 266 g/mol. The molecule has 0 heterocycles. The van der Waals surface area contributed by atoms with Crippen molar-refractivity contribution in [2.24, 2.45) is 5.18 Å². The molecule has 96 valence electrons. The minimum absolute atomic E-state index is 0.0670. The van der Waals surface area contributed by atoms with Crippen molar-refractivity contribution in [2.45, 2.75) is 41.9 Å². The van der Waals surface area contributed by atoms with E-state index in [1.165, 1.54) is 17.8 Å². The lowest BCUT2D eigenvalue weighted by molar-refractivity contribution is -0.387. The number of hydrogen-bond donors (Lipinski definition) is 0. The van der Waals surface area contributed by atoms with Gasteiger partial charge < -0.3 is 0 Å². The Labute approximate surface area is 109 Å². The summed E-state index contributed by atoms with van der Waals surface area (Å²) < 4.78 is 0. The van der Waals surface area contributed by atoms with Gasteiger partial charge in [-0.05, 0) is 18.9 Å². The van der Waals surface area contributed by atoms with Crippen molar-refractivity contribution in [3.63, 3.8) is 0 Å². The highest BCUT2D eigenvalue weighted by Crippen LogP contribution is 2.38. The Bertz CT molecular complexity index is 453. The molecule has 0 amide bonds. The number of rotatable bonds is 4. The van der Waals surface area contributed by atoms with Gasteiger partial charge in [0.15, 0.2) is 0 Å². The third kappa shape index (κ3) is 2.87. The summed E-state index contributed by atoms with van der Waals surface area (Å²) in [7, 11) is 0. The van der Waals surface area contributed by atoms with Crippen LogP contribution < -0.4 is 0 Å². The number of nitro groups is 1. The van der Waals surface area contributed by atoms with Crippen molar-refractivity contribution in [3.8, 4) is 0 Å². The molecule has 2 unspecified atom stereocenters. The van der Waals surface area contributed by atoms with Crippen molar-refractivity contribution in [1.82, 2.24) is 0 Å². The SMILES string of the molecule is O=NC1CCCCC1Sc1ccccc1[N+](=O)[O-]. The molecule has 6 heteroatoms. The van der Waals surface area contributed by atoms with E-state index in [1.54, 1.807) is 18.2 Å². The van der Waals surface area contributed by atoms with Crippen molar-refractivity contribution in [2.75, 3.05) is 0 Å². The average Bonchev–Trinajstić information content (AvgIpc) is 2.40. The number of para-hydroxylation sites is 1. The molecule has 0 aromatic heterocycles. The first kappa shape index (κ1) is 13.0. The van der Waals surface area contributed by atoms with E-state index in [2.05, 4.69) is 5.18 Å². The van der Waals surface area contributed by atoms with Crippen LogP contribution in [0.1, 0.15) is 25.7 Å². The number of hydrogen-bond acceptors (Lipinski definition) is 5. The Morgan fingerprint density at radius 3 is 2.72 bits per heavy atom. The molecule has 1 aromatic carbocycles. The van der Waals surface area contributed by atoms with E-state index in [0.717, 1.165) is 25.7 Å². The summed E-state index contributed by atoms with van der Waals surface area (Å²) in [6.45, 7) is 0. The fraction of sp³-hybridized carbons (Fsp3) is 0.500. The normalized spacial score (nSPS) is 23.6. The molecule has 5 nitrogen and oxygen atoms in total. The topological polar surface area (TPSA) is 72.6 Å². The number of nitroso groups, excluding NO2 is 1. The monoisotopic (exact) mass is 266 g/mol. The third-order valence-corrected chi connectivity index (χ3v) is 4.60. The largest absolute Gasteiger partial charge is 0.282 e. The highest BCUT2D eigenvalue weighted by Gasteiger charge is 2.28. The van der Waals surface area contributed by atoms with Gasteiger partial charge in [-0.3, -0.25) is 10.1 Å². The summed E-state index contributed by atoms with van der Waals surface area (Å²) in [5, 5.41) is 14.1. The molecule has 0 saturated heterocycles. The smallest absolute Gasteiger partial charge is 0.258 e. The van der Waals surface area contributed by atoms with Gasteiger partial charge in [0.2, 0.25) is 0 Å². The van der Waals surface area contributed by atoms with Crippen LogP contribution in [0.2, 0.25) is 0 Å². The summed E-state index contributed by atoms with van der Waals surface area (Å²) in [6.07, 6.45) is 3.77. The van der Waals surface area contributed by atoms with Crippen LogP contribution in [0.4, 0.5) is 5.69 Å². The zero-order valence-corrected chi connectivity index (χ0v) is 10.6. The van der Waals surface area contributed by atoms with Crippen molar-refractivity contribution < 1.29 is 4.92 Å². The van der Waals surface area contributed by atoms with E-state index in [9.17, 15) is 15.0 Å². The van der Waals surface area contributed by atoms with E-state index in [0.29, 0.717) is 4.90 Å². The molecule has 0 N–H and O–H groups in total. The van der Waals surface area contributed by atoms with E-state index >= 15 is 0 Å². The second-order valence-corrected chi connectivity index (χ2v) is 5.62. The molecular formula is C12H14N2O3S. The van der Waals surface area contributed by atoms with Crippen LogP contribution in [0.3, 0.4) is 0 Å². The summed E-state index contributed by atoms with van der Waals surface area (Å²) >= 11 is 1.42. The molecule has 2 rings (SSSR count). The molecule has 0 radical (unpaired) electrons. The van der Waals surface area contributed by atoms with E-state index in [-0.39, 0.29) is 21.9 Å². The van der Waals surface area contributed by atoms with Crippen LogP contribution in [0, 0.1) is 15.0 Å². The van der Waals surface area contributed by atoms with Gasteiger partial charge in [-0.2, -0.15) is 4.91 Å². The Morgan fingerprint density at radius 2 is 2.00 bits per heavy atom. The lowest BCUT2D eigenvalue weighted by atomic mass is 9.96. The summed E-state index contributed by atoms with van der Waals surface area (Å²) in [4.78, 5) is 22.0. The fourth-order valence-corrected chi connectivity index (χ4v) is 3.58. The lowest BCUT2D eigenvalue weighted by Gasteiger charge is -2.25. The molecule has 1 fully saturated rings. The maximum atomic E-state index is 10.9. The number of nitro benzene ring substituents is 1. The number of nitrogens with zero attached hydrogens (tertiary/aromatic N) is 2. The first-order valence-electron chi connectivity index (χ1n) is 5.95. The van der Waals surface area contributed by atoms with Crippen LogP contribution in [0.15, 0.2) is 34.3 Å². The molecule has 1 aliphatic carbocycles. The molecule has 1 aromatic rings. The van der Waals surface area contributed by atoms with E-state index < -0.39 is 0 Å². The van der Waals surface area contributed by atoms with Crippen LogP contribution in [0.25, 0.3) is 0 Å². The Kier molecular flexibility index (Phi) is 4.30. The summed E-state index contributed by atoms with van der Waals surface area (Å²) in [5.41, 5.74) is 0.109. The van der Waals surface area contributed by atoms with E-state index in [4.69, 9.17) is 0 Å². The Hall–Kier alpha value is -1.43. The van der Waals surface area contributed by atoms with Gasteiger partial charge in [0, 0.05) is 11.3 Å². The molecule has 1 aliphatic rings. The van der Waals surface area contributed by atoms with Gasteiger partial charge in [0.25, 0.3) is 5.69 Å². The predicted molar refractivity (Wildman–Crippen MR) is 70.8 cm³/mol. The molecular weight excluding hydrogens is 252 g/mol. The van der Waals surface area contributed by atoms with Crippen LogP contribution in [0.5, 0.6) is 0 Å². The number of thioether (sulfide) groups is 1. The van der Waals surface area contributed by atoms with E-state index in [1.807, 2.05) is 0 Å². The predicted octanol–water partition coefficient (Wildman–Crippen LogP) is 3.76. The standard InChI is InChI=1S/C12H14N2O3S/c15-13-9-5-1-3-7-11(9)18-12-8-4-2-6-10(12)14(16)17/h2,4,6,8-9,11H,1,3,5,7H2. The molecule has 1 saturated carbocycles. The zero-order chi connectivity index (χ0) is 13.0. The minimum Gasteiger partial charge on any atom is -0.258 e. The van der Waals surface area contributed by atoms with Gasteiger partial charge in [-0.25, -0.2) is 0 Å². The second-order valence-electron chi connectivity index (χ2n) is 4.34. The first-order valence-corrected chi connectivity index (χ1v) is 6.83. The molecule has 18 heavy (non-hydrogen) atoms. The highest BCUT2D eigenvalue weighted by atomic mass is 32.2. The Balaban J connectivity index is 2.17. The van der Waals surface area contributed by atoms with Crippen LogP contribution in [-0.4, -0.2) is 16.2 Å². The lowest BCUT2D eigenvalue weighted by Crippen LogP contribution is -2.25. The maximum Gasteiger partial charge on any atom is 0.282 e. The van der Waals surface area contributed by atoms with Crippen molar-refractivity contribution in [1.29, 1.82) is 0 Å². The minimum atomic E-state index is -0.380. The molecule has 0 bridgehead atoms. The van der Waals surface area contributed by atoms with Gasteiger partial charge in [0.05, 0.1) is 9.82 Å². The van der Waals surface area contributed by atoms with Crippen molar-refractivity contribution in [3.05, 3.63) is 39.3 Å². The Morgan fingerprint density at radius 1 is 1.28 bits per heavy atom. The van der Waals surface area contributed by atoms with Crippen LogP contribution in [-0.2, 0) is 0 Å². The highest BCUT2D eigenvalue weighted by molar-refractivity contribution is 8.00. The molecule has 0 spiro atoms. The summed E-state index contributed by atoms with van der Waals surface area (Å²) in [6, 6.07) is 6.44.